The molecule has 2 rings (SSSR count). The van der Waals surface area contributed by atoms with Crippen molar-refractivity contribution in [1.29, 1.82) is 5.26 Å². The molecule has 132 valence electrons. The van der Waals surface area contributed by atoms with Crippen LogP contribution in [0.15, 0.2) is 60.3 Å². The van der Waals surface area contributed by atoms with Gasteiger partial charge in [-0.05, 0) is 43.2 Å². The molecule has 0 heterocycles. The summed E-state index contributed by atoms with van der Waals surface area (Å²) in [5.41, 5.74) is 2.84. The Kier molecular flexibility index (Phi) is 6.52. The molecule has 0 radical (unpaired) electrons. The zero-order chi connectivity index (χ0) is 18.9. The third-order valence-electron chi connectivity index (χ3n) is 3.64. The fraction of sp³-hybridized carbons (Fsp3) is 0.150. The second-order valence-electron chi connectivity index (χ2n) is 5.70. The number of rotatable bonds is 7. The van der Waals surface area contributed by atoms with E-state index in [0.717, 1.165) is 6.42 Å². The third-order valence-corrected chi connectivity index (χ3v) is 3.64. The molecule has 2 aromatic carbocycles. The summed E-state index contributed by atoms with van der Waals surface area (Å²) in [5.74, 6) is -1.60. The van der Waals surface area contributed by atoms with E-state index >= 15 is 0 Å². The highest BCUT2D eigenvalue weighted by atomic mass is 16.4. The van der Waals surface area contributed by atoms with Gasteiger partial charge >= 0.3 is 5.97 Å². The SMILES string of the molecule is Cc1cccc(CCN/C=C(/C#N)C(=O)Nc2ccc(C(=O)O)cc2)c1. The van der Waals surface area contributed by atoms with E-state index in [-0.39, 0.29) is 11.1 Å². The number of benzene rings is 2. The summed E-state index contributed by atoms with van der Waals surface area (Å²) in [4.78, 5) is 22.9. The molecule has 0 fully saturated rings. The number of carbonyl (C=O) groups is 2. The Balaban J connectivity index is 1.90. The molecule has 0 saturated carbocycles. The van der Waals surface area contributed by atoms with Gasteiger partial charge in [0, 0.05) is 18.4 Å². The molecule has 1 amide bonds. The van der Waals surface area contributed by atoms with Gasteiger partial charge in [-0.2, -0.15) is 5.26 Å². The number of nitriles is 1. The molecule has 3 N–H and O–H groups in total. The van der Waals surface area contributed by atoms with E-state index in [1.54, 1.807) is 0 Å². The Hall–Kier alpha value is -3.59. The van der Waals surface area contributed by atoms with Crippen LogP contribution in [0.1, 0.15) is 21.5 Å². The van der Waals surface area contributed by atoms with Gasteiger partial charge in [0.25, 0.3) is 5.91 Å². The number of aryl methyl sites for hydroxylation is 1. The quantitative estimate of drug-likeness (QED) is 0.405. The molecule has 6 heteroatoms. The first-order valence-electron chi connectivity index (χ1n) is 8.03. The normalized spacial score (nSPS) is 10.7. The lowest BCUT2D eigenvalue weighted by Crippen LogP contribution is -2.18. The number of hydrogen-bond donors (Lipinski definition) is 3. The van der Waals surface area contributed by atoms with Gasteiger partial charge < -0.3 is 15.7 Å². The van der Waals surface area contributed by atoms with E-state index < -0.39 is 11.9 Å². The van der Waals surface area contributed by atoms with Crippen molar-refractivity contribution >= 4 is 17.6 Å². The number of carboxylic acids is 1. The van der Waals surface area contributed by atoms with Gasteiger partial charge in [0.15, 0.2) is 0 Å². The number of carbonyl (C=O) groups excluding carboxylic acids is 1. The molecule has 2 aromatic rings. The van der Waals surface area contributed by atoms with E-state index in [9.17, 15) is 9.59 Å². The van der Waals surface area contributed by atoms with E-state index in [4.69, 9.17) is 10.4 Å². The molecule has 0 spiro atoms. The van der Waals surface area contributed by atoms with Gasteiger partial charge in [0.1, 0.15) is 11.6 Å². The largest absolute Gasteiger partial charge is 0.478 e. The van der Waals surface area contributed by atoms with Crippen LogP contribution in [0, 0.1) is 18.3 Å². The molecule has 6 nitrogen and oxygen atoms in total. The summed E-state index contributed by atoms with van der Waals surface area (Å²) < 4.78 is 0. The average Bonchev–Trinajstić information content (AvgIpc) is 2.62. The molecule has 0 bridgehead atoms. The van der Waals surface area contributed by atoms with Gasteiger partial charge in [-0.3, -0.25) is 4.79 Å². The van der Waals surface area contributed by atoms with Gasteiger partial charge in [-0.25, -0.2) is 4.79 Å². The number of amides is 1. The summed E-state index contributed by atoms with van der Waals surface area (Å²) in [5, 5.41) is 23.5. The van der Waals surface area contributed by atoms with Crippen LogP contribution < -0.4 is 10.6 Å². The van der Waals surface area contributed by atoms with Gasteiger partial charge in [0.05, 0.1) is 5.56 Å². The number of nitrogens with one attached hydrogen (secondary N) is 2. The minimum absolute atomic E-state index is 0.0587. The van der Waals surface area contributed by atoms with E-state index in [1.165, 1.54) is 41.6 Å². The monoisotopic (exact) mass is 349 g/mol. The molecule has 0 aliphatic rings. The molecular formula is C20H19N3O3. The van der Waals surface area contributed by atoms with Crippen molar-refractivity contribution in [3.8, 4) is 6.07 Å². The zero-order valence-electron chi connectivity index (χ0n) is 14.3. The number of anilines is 1. The predicted molar refractivity (Wildman–Crippen MR) is 98.6 cm³/mol. The Bertz CT molecular complexity index is 865. The molecular weight excluding hydrogens is 330 g/mol. The molecule has 0 aromatic heterocycles. The fourth-order valence-corrected chi connectivity index (χ4v) is 2.30. The fourth-order valence-electron chi connectivity index (χ4n) is 2.30. The Morgan fingerprint density at radius 2 is 1.92 bits per heavy atom. The summed E-state index contributed by atoms with van der Waals surface area (Å²) in [6.45, 7) is 2.62. The highest BCUT2D eigenvalue weighted by Gasteiger charge is 2.10. The minimum Gasteiger partial charge on any atom is -0.478 e. The van der Waals surface area contributed by atoms with E-state index in [0.29, 0.717) is 12.2 Å². The highest BCUT2D eigenvalue weighted by Crippen LogP contribution is 2.11. The van der Waals surface area contributed by atoms with E-state index in [1.807, 2.05) is 31.2 Å². The van der Waals surface area contributed by atoms with Crippen molar-refractivity contribution in [2.24, 2.45) is 0 Å². The van der Waals surface area contributed by atoms with Crippen LogP contribution >= 0.6 is 0 Å². The molecule has 0 saturated heterocycles. The lowest BCUT2D eigenvalue weighted by atomic mass is 10.1. The standard InChI is InChI=1S/C20H19N3O3/c1-14-3-2-4-15(11-14)9-10-22-13-17(12-21)19(24)23-18-7-5-16(6-8-18)20(25)26/h2-8,11,13,22H,9-10H2,1H3,(H,23,24)(H,25,26)/b17-13-. The van der Waals surface area contributed by atoms with Crippen LogP contribution in [0.4, 0.5) is 5.69 Å². The summed E-state index contributed by atoms with van der Waals surface area (Å²) in [6, 6.07) is 15.7. The van der Waals surface area contributed by atoms with Crippen LogP contribution in [0.3, 0.4) is 0 Å². The van der Waals surface area contributed by atoms with Gasteiger partial charge in [-0.1, -0.05) is 29.8 Å². The van der Waals surface area contributed by atoms with Crippen molar-refractivity contribution in [3.63, 3.8) is 0 Å². The number of aromatic carboxylic acids is 1. The first-order chi connectivity index (χ1) is 12.5. The first-order valence-corrected chi connectivity index (χ1v) is 8.03. The summed E-state index contributed by atoms with van der Waals surface area (Å²) >= 11 is 0. The van der Waals surface area contributed by atoms with Crippen LogP contribution in [0.2, 0.25) is 0 Å². The third kappa shape index (κ3) is 5.49. The smallest absolute Gasteiger partial charge is 0.335 e. The van der Waals surface area contributed by atoms with Crippen molar-refractivity contribution < 1.29 is 14.7 Å². The van der Waals surface area contributed by atoms with Crippen LogP contribution in [0.25, 0.3) is 0 Å². The van der Waals surface area contributed by atoms with Crippen LogP contribution in [-0.2, 0) is 11.2 Å². The average molecular weight is 349 g/mol. The maximum atomic E-state index is 12.1. The molecule has 0 atom stereocenters. The second kappa shape index (κ2) is 9.04. The Labute approximate surface area is 151 Å². The molecule has 0 aliphatic heterocycles. The minimum atomic E-state index is -1.04. The Morgan fingerprint density at radius 1 is 1.19 bits per heavy atom. The van der Waals surface area contributed by atoms with Crippen LogP contribution in [0.5, 0.6) is 0 Å². The highest BCUT2D eigenvalue weighted by molar-refractivity contribution is 6.06. The summed E-state index contributed by atoms with van der Waals surface area (Å²) in [7, 11) is 0. The lowest BCUT2D eigenvalue weighted by Gasteiger charge is -2.06. The number of nitrogens with zero attached hydrogens (tertiary/aromatic N) is 1. The van der Waals surface area contributed by atoms with Gasteiger partial charge in [-0.15, -0.1) is 0 Å². The number of hydrogen-bond acceptors (Lipinski definition) is 4. The zero-order valence-corrected chi connectivity index (χ0v) is 14.3. The molecule has 0 aliphatic carbocycles. The van der Waals surface area contributed by atoms with E-state index in [2.05, 4.69) is 16.7 Å². The van der Waals surface area contributed by atoms with Crippen molar-refractivity contribution in [2.45, 2.75) is 13.3 Å². The lowest BCUT2D eigenvalue weighted by molar-refractivity contribution is -0.112. The van der Waals surface area contributed by atoms with Crippen molar-refractivity contribution in [3.05, 3.63) is 77.0 Å². The number of carboxylic acid groups (broad SMARTS) is 1. The second-order valence-corrected chi connectivity index (χ2v) is 5.70. The first kappa shape index (κ1) is 18.7. The topological polar surface area (TPSA) is 102 Å². The maximum absolute atomic E-state index is 12.1. The molecule has 26 heavy (non-hydrogen) atoms. The maximum Gasteiger partial charge on any atom is 0.335 e. The molecule has 0 unspecified atom stereocenters. The van der Waals surface area contributed by atoms with Gasteiger partial charge in [0.2, 0.25) is 0 Å². The Morgan fingerprint density at radius 3 is 2.54 bits per heavy atom. The van der Waals surface area contributed by atoms with Crippen molar-refractivity contribution in [2.75, 3.05) is 11.9 Å². The van der Waals surface area contributed by atoms with Crippen LogP contribution in [-0.4, -0.2) is 23.5 Å². The predicted octanol–water partition coefficient (Wildman–Crippen LogP) is 2.87. The van der Waals surface area contributed by atoms with Crippen molar-refractivity contribution in [1.82, 2.24) is 5.32 Å². The summed E-state index contributed by atoms with van der Waals surface area (Å²) in [6.07, 6.45) is 2.16.